The van der Waals surface area contributed by atoms with Gasteiger partial charge in [-0.2, -0.15) is 5.11 Å². The highest BCUT2D eigenvalue weighted by Crippen LogP contribution is 2.53. The second kappa shape index (κ2) is 2.94. The van der Waals surface area contributed by atoms with Crippen molar-refractivity contribution in [3.8, 4) is 0 Å². The van der Waals surface area contributed by atoms with E-state index in [1.54, 1.807) is 0 Å². The maximum absolute atomic E-state index is 4.37. The van der Waals surface area contributed by atoms with E-state index >= 15 is 0 Å². The van der Waals surface area contributed by atoms with E-state index in [9.17, 15) is 0 Å². The number of rotatable bonds is 0. The van der Waals surface area contributed by atoms with Gasteiger partial charge in [-0.1, -0.05) is 12.1 Å². The summed E-state index contributed by atoms with van der Waals surface area (Å²) in [5.41, 5.74) is 0. The number of fused-ring (bicyclic) bond motifs is 2. The fourth-order valence-corrected chi connectivity index (χ4v) is 3.49. The third kappa shape index (κ3) is 1.17. The summed E-state index contributed by atoms with van der Waals surface area (Å²) in [5.74, 6) is 3.05. The van der Waals surface area contributed by atoms with Crippen LogP contribution in [-0.4, -0.2) is 24.1 Å². The second-order valence-electron chi connectivity index (χ2n) is 5.25. The van der Waals surface area contributed by atoms with Gasteiger partial charge in [-0.25, -0.2) is 0 Å². The van der Waals surface area contributed by atoms with Gasteiger partial charge in [0.2, 0.25) is 0 Å². The van der Waals surface area contributed by atoms with E-state index in [-0.39, 0.29) is 0 Å². The molecule has 2 fully saturated rings. The maximum atomic E-state index is 4.37. The number of nitrogens with zero attached hydrogens (tertiary/aromatic N) is 3. The fraction of sp³-hybridized carbons (Fsp3) is 1.00. The summed E-state index contributed by atoms with van der Waals surface area (Å²) < 4.78 is 0. The molecule has 1 heterocycles. The molecule has 3 nitrogen and oxygen atoms in total. The Hall–Kier alpha value is -0.600. The highest BCUT2D eigenvalue weighted by Gasteiger charge is 2.48. The second-order valence-corrected chi connectivity index (χ2v) is 5.25. The Morgan fingerprint density at radius 3 is 2.57 bits per heavy atom. The van der Waals surface area contributed by atoms with E-state index in [0.29, 0.717) is 12.1 Å². The van der Waals surface area contributed by atoms with Crippen LogP contribution in [0, 0.1) is 17.8 Å². The summed E-state index contributed by atoms with van der Waals surface area (Å²) in [7, 11) is 2.07. The van der Waals surface area contributed by atoms with Gasteiger partial charge in [-0.15, -0.1) is 0 Å². The van der Waals surface area contributed by atoms with Gasteiger partial charge in [-0.3, -0.25) is 5.01 Å². The first kappa shape index (κ1) is 8.69. The molecule has 5 unspecified atom stereocenters. The van der Waals surface area contributed by atoms with Gasteiger partial charge in [0.05, 0.1) is 12.1 Å². The number of hydrogen-bond acceptors (Lipinski definition) is 3. The first-order chi connectivity index (χ1) is 6.77. The van der Waals surface area contributed by atoms with Gasteiger partial charge in [-0.05, 0) is 43.4 Å². The molecule has 0 aromatic rings. The lowest BCUT2D eigenvalue weighted by atomic mass is 9.93. The Morgan fingerprint density at radius 1 is 1.07 bits per heavy atom. The SMILES string of the molecule is CC1C2CCC3N=NN(C)C3CCC12. The summed E-state index contributed by atoms with van der Waals surface area (Å²) in [6.07, 6.45) is 5.37. The van der Waals surface area contributed by atoms with Crippen LogP contribution in [0.1, 0.15) is 32.6 Å². The number of hydrogen-bond donors (Lipinski definition) is 0. The molecule has 0 aromatic carbocycles. The molecule has 3 aliphatic rings. The lowest BCUT2D eigenvalue weighted by Gasteiger charge is -2.24. The van der Waals surface area contributed by atoms with Crippen LogP contribution in [0.2, 0.25) is 0 Å². The molecule has 3 rings (SSSR count). The summed E-state index contributed by atoms with van der Waals surface area (Å²) >= 11 is 0. The smallest absolute Gasteiger partial charge is 0.0949 e. The Morgan fingerprint density at radius 2 is 1.79 bits per heavy atom. The molecule has 5 atom stereocenters. The first-order valence-electron chi connectivity index (χ1n) is 5.91. The minimum Gasteiger partial charge on any atom is -0.277 e. The molecule has 0 aromatic heterocycles. The van der Waals surface area contributed by atoms with E-state index in [0.717, 1.165) is 17.8 Å². The standard InChI is InChI=1S/C11H19N3/c1-7-8-3-5-10-11(6-4-9(7)8)14(2)13-12-10/h7-11H,3-6H2,1-2H3. The van der Waals surface area contributed by atoms with Gasteiger partial charge in [0.1, 0.15) is 0 Å². The molecule has 78 valence electrons. The van der Waals surface area contributed by atoms with Crippen LogP contribution in [0.25, 0.3) is 0 Å². The Labute approximate surface area is 85.5 Å². The van der Waals surface area contributed by atoms with Crippen molar-refractivity contribution in [1.82, 2.24) is 5.01 Å². The zero-order valence-electron chi connectivity index (χ0n) is 9.06. The number of likely N-dealkylation sites (N-methyl/N-ethyl adjacent to an activating group) is 1. The molecule has 2 saturated carbocycles. The van der Waals surface area contributed by atoms with Gasteiger partial charge < -0.3 is 0 Å². The fourth-order valence-electron chi connectivity index (χ4n) is 3.49. The summed E-state index contributed by atoms with van der Waals surface area (Å²) in [6, 6.07) is 1.12. The van der Waals surface area contributed by atoms with Gasteiger partial charge in [0, 0.05) is 7.05 Å². The maximum Gasteiger partial charge on any atom is 0.0949 e. The summed E-state index contributed by atoms with van der Waals surface area (Å²) in [5, 5.41) is 10.6. The molecule has 1 aliphatic heterocycles. The highest BCUT2D eigenvalue weighted by molar-refractivity contribution is 4.99. The van der Waals surface area contributed by atoms with Crippen LogP contribution in [0.3, 0.4) is 0 Å². The monoisotopic (exact) mass is 193 g/mol. The van der Waals surface area contributed by atoms with E-state index in [1.165, 1.54) is 25.7 Å². The van der Waals surface area contributed by atoms with Crippen molar-refractivity contribution in [2.45, 2.75) is 44.7 Å². The summed E-state index contributed by atoms with van der Waals surface area (Å²) in [4.78, 5) is 0. The molecule has 0 saturated heterocycles. The van der Waals surface area contributed by atoms with E-state index in [2.05, 4.69) is 29.3 Å². The van der Waals surface area contributed by atoms with Crippen molar-refractivity contribution < 1.29 is 0 Å². The lowest BCUT2D eigenvalue weighted by Crippen LogP contribution is -2.33. The molecule has 14 heavy (non-hydrogen) atoms. The average molecular weight is 193 g/mol. The van der Waals surface area contributed by atoms with Crippen molar-refractivity contribution >= 4 is 0 Å². The largest absolute Gasteiger partial charge is 0.277 e. The molecular formula is C11H19N3. The molecule has 0 bridgehead atoms. The topological polar surface area (TPSA) is 28.0 Å². The zero-order chi connectivity index (χ0) is 9.71. The quantitative estimate of drug-likeness (QED) is 0.581. The Bertz CT molecular complexity index is 263. The van der Waals surface area contributed by atoms with Crippen molar-refractivity contribution in [3.63, 3.8) is 0 Å². The van der Waals surface area contributed by atoms with Crippen LogP contribution < -0.4 is 0 Å². The molecule has 0 spiro atoms. The molecule has 0 N–H and O–H groups in total. The normalized spacial score (nSPS) is 50.7. The third-order valence-corrected chi connectivity index (χ3v) is 4.62. The molecular weight excluding hydrogens is 174 g/mol. The van der Waals surface area contributed by atoms with Crippen LogP contribution >= 0.6 is 0 Å². The van der Waals surface area contributed by atoms with Crippen molar-refractivity contribution in [2.24, 2.45) is 28.1 Å². The predicted octanol–water partition coefficient (Wildman–Crippen LogP) is 2.49. The molecule has 3 heteroatoms. The van der Waals surface area contributed by atoms with Crippen LogP contribution in [-0.2, 0) is 0 Å². The van der Waals surface area contributed by atoms with Gasteiger partial charge in [0.15, 0.2) is 0 Å². The highest BCUT2D eigenvalue weighted by atomic mass is 15.6. The van der Waals surface area contributed by atoms with E-state index in [1.807, 2.05) is 0 Å². The third-order valence-electron chi connectivity index (χ3n) is 4.62. The minimum absolute atomic E-state index is 0.508. The predicted molar refractivity (Wildman–Crippen MR) is 54.8 cm³/mol. The van der Waals surface area contributed by atoms with Crippen LogP contribution in [0.15, 0.2) is 10.3 Å². The van der Waals surface area contributed by atoms with Crippen LogP contribution in [0.5, 0.6) is 0 Å². The Balaban J connectivity index is 1.71. The molecule has 0 amide bonds. The summed E-state index contributed by atoms with van der Waals surface area (Å²) in [6.45, 7) is 2.42. The van der Waals surface area contributed by atoms with E-state index in [4.69, 9.17) is 0 Å². The van der Waals surface area contributed by atoms with Crippen LogP contribution in [0.4, 0.5) is 0 Å². The first-order valence-corrected chi connectivity index (χ1v) is 5.91. The average Bonchev–Trinajstić information content (AvgIpc) is 2.58. The zero-order valence-corrected chi connectivity index (χ0v) is 9.06. The van der Waals surface area contributed by atoms with Gasteiger partial charge >= 0.3 is 0 Å². The lowest BCUT2D eigenvalue weighted by molar-refractivity contribution is 0.233. The Kier molecular flexibility index (Phi) is 1.83. The molecule has 0 radical (unpaired) electrons. The van der Waals surface area contributed by atoms with E-state index < -0.39 is 0 Å². The van der Waals surface area contributed by atoms with Crippen molar-refractivity contribution in [3.05, 3.63) is 0 Å². The van der Waals surface area contributed by atoms with Gasteiger partial charge in [0.25, 0.3) is 0 Å². The minimum atomic E-state index is 0.508. The van der Waals surface area contributed by atoms with Crippen molar-refractivity contribution in [1.29, 1.82) is 0 Å². The molecule has 2 aliphatic carbocycles. The van der Waals surface area contributed by atoms with Crippen molar-refractivity contribution in [2.75, 3.05) is 7.05 Å².